The van der Waals surface area contributed by atoms with Crippen molar-refractivity contribution in [3.05, 3.63) is 29.3 Å². The Kier molecular flexibility index (Phi) is 6.28. The molecule has 0 radical (unpaired) electrons. The molecule has 0 fully saturated rings. The van der Waals surface area contributed by atoms with Gasteiger partial charge in [-0.05, 0) is 24.6 Å². The number of ether oxygens (including phenoxy) is 1. The van der Waals surface area contributed by atoms with Gasteiger partial charge < -0.3 is 14.9 Å². The lowest BCUT2D eigenvalue weighted by atomic mass is 10.0. The van der Waals surface area contributed by atoms with Gasteiger partial charge in [0.25, 0.3) is 0 Å². The Balaban J connectivity index is 2.77. The molecule has 2 N–H and O–H groups in total. The standard InChI is InChI=1S/C15H25NO3/c1-11(2)12-5-6-13(15(7-12)19-4)8-16(3)9-14(18)10-17/h5-7,11,14,17-18H,8-10H2,1-4H3. The van der Waals surface area contributed by atoms with Crippen molar-refractivity contribution in [2.24, 2.45) is 0 Å². The van der Waals surface area contributed by atoms with Gasteiger partial charge in [0.15, 0.2) is 0 Å². The number of benzene rings is 1. The monoisotopic (exact) mass is 267 g/mol. The summed E-state index contributed by atoms with van der Waals surface area (Å²) in [7, 11) is 3.58. The molecule has 4 heteroatoms. The molecule has 0 heterocycles. The lowest BCUT2D eigenvalue weighted by Gasteiger charge is -2.21. The van der Waals surface area contributed by atoms with Crippen LogP contribution in [0, 0.1) is 0 Å². The van der Waals surface area contributed by atoms with E-state index < -0.39 is 6.10 Å². The minimum atomic E-state index is -0.703. The number of methoxy groups -OCH3 is 1. The highest BCUT2D eigenvalue weighted by Crippen LogP contribution is 2.25. The van der Waals surface area contributed by atoms with Gasteiger partial charge in [0.05, 0.1) is 19.8 Å². The van der Waals surface area contributed by atoms with Crippen LogP contribution in [0.5, 0.6) is 5.75 Å². The van der Waals surface area contributed by atoms with Crippen LogP contribution in [0.4, 0.5) is 0 Å². The maximum atomic E-state index is 9.43. The van der Waals surface area contributed by atoms with E-state index in [0.29, 0.717) is 19.0 Å². The van der Waals surface area contributed by atoms with Crippen molar-refractivity contribution in [2.45, 2.75) is 32.4 Å². The summed E-state index contributed by atoms with van der Waals surface area (Å²) in [5.74, 6) is 1.34. The van der Waals surface area contributed by atoms with Crippen LogP contribution in [0.15, 0.2) is 18.2 Å². The van der Waals surface area contributed by atoms with Crippen LogP contribution in [0.25, 0.3) is 0 Å². The van der Waals surface area contributed by atoms with Gasteiger partial charge in [-0.15, -0.1) is 0 Å². The molecule has 0 aliphatic heterocycles. The highest BCUT2D eigenvalue weighted by molar-refractivity contribution is 5.38. The highest BCUT2D eigenvalue weighted by atomic mass is 16.5. The Labute approximate surface area is 115 Å². The number of hydrogen-bond donors (Lipinski definition) is 2. The largest absolute Gasteiger partial charge is 0.496 e. The fraction of sp³-hybridized carbons (Fsp3) is 0.600. The molecule has 1 aromatic carbocycles. The van der Waals surface area contributed by atoms with E-state index in [-0.39, 0.29) is 6.61 Å². The molecular formula is C15H25NO3. The SMILES string of the molecule is COc1cc(C(C)C)ccc1CN(C)CC(O)CO. The first-order valence-corrected chi connectivity index (χ1v) is 6.62. The summed E-state index contributed by atoms with van der Waals surface area (Å²) < 4.78 is 5.43. The van der Waals surface area contributed by atoms with Crippen molar-refractivity contribution >= 4 is 0 Å². The van der Waals surface area contributed by atoms with Crippen LogP contribution in [0.1, 0.15) is 30.9 Å². The molecule has 0 aromatic heterocycles. The van der Waals surface area contributed by atoms with E-state index in [1.807, 2.05) is 11.9 Å². The lowest BCUT2D eigenvalue weighted by Crippen LogP contribution is -2.31. The van der Waals surface area contributed by atoms with Crippen LogP contribution in [-0.4, -0.2) is 48.5 Å². The number of rotatable bonds is 7. The molecule has 1 rings (SSSR count). The Morgan fingerprint density at radius 3 is 2.53 bits per heavy atom. The number of aliphatic hydroxyl groups excluding tert-OH is 2. The fourth-order valence-corrected chi connectivity index (χ4v) is 2.02. The molecule has 1 aromatic rings. The number of likely N-dealkylation sites (N-methyl/N-ethyl adjacent to an activating group) is 1. The summed E-state index contributed by atoms with van der Waals surface area (Å²) in [5.41, 5.74) is 2.33. The highest BCUT2D eigenvalue weighted by Gasteiger charge is 2.11. The van der Waals surface area contributed by atoms with E-state index in [1.54, 1.807) is 7.11 Å². The topological polar surface area (TPSA) is 52.9 Å². The van der Waals surface area contributed by atoms with Crippen LogP contribution in [-0.2, 0) is 6.54 Å². The fourth-order valence-electron chi connectivity index (χ4n) is 2.02. The van der Waals surface area contributed by atoms with Crippen molar-refractivity contribution < 1.29 is 14.9 Å². The molecule has 0 aliphatic rings. The van der Waals surface area contributed by atoms with Gasteiger partial charge in [-0.3, -0.25) is 4.90 Å². The molecule has 0 saturated heterocycles. The normalized spacial score (nSPS) is 13.1. The van der Waals surface area contributed by atoms with Crippen LogP contribution < -0.4 is 4.74 Å². The molecule has 0 aliphatic carbocycles. The van der Waals surface area contributed by atoms with Crippen LogP contribution in [0.2, 0.25) is 0 Å². The van der Waals surface area contributed by atoms with E-state index >= 15 is 0 Å². The molecule has 0 amide bonds. The first-order valence-electron chi connectivity index (χ1n) is 6.62. The molecule has 108 valence electrons. The Bertz CT molecular complexity index is 393. The maximum absolute atomic E-state index is 9.43. The third-order valence-electron chi connectivity index (χ3n) is 3.15. The summed E-state index contributed by atoms with van der Waals surface area (Å²) in [4.78, 5) is 1.97. The van der Waals surface area contributed by atoms with E-state index in [0.717, 1.165) is 11.3 Å². The average Bonchev–Trinajstić information content (AvgIpc) is 2.38. The zero-order valence-electron chi connectivity index (χ0n) is 12.3. The third kappa shape index (κ3) is 4.82. The molecule has 1 unspecified atom stereocenters. The molecule has 19 heavy (non-hydrogen) atoms. The Hall–Kier alpha value is -1.10. The smallest absolute Gasteiger partial charge is 0.123 e. The minimum Gasteiger partial charge on any atom is -0.496 e. The predicted molar refractivity (Wildman–Crippen MR) is 76.5 cm³/mol. The summed E-state index contributed by atoms with van der Waals surface area (Å²) in [6.45, 7) is 5.20. The second kappa shape index (κ2) is 7.48. The molecule has 0 bridgehead atoms. The quantitative estimate of drug-likeness (QED) is 0.788. The van der Waals surface area contributed by atoms with Crippen molar-refractivity contribution in [3.63, 3.8) is 0 Å². The first kappa shape index (κ1) is 16.0. The number of hydrogen-bond acceptors (Lipinski definition) is 4. The van der Waals surface area contributed by atoms with E-state index in [2.05, 4.69) is 32.0 Å². The third-order valence-corrected chi connectivity index (χ3v) is 3.15. The zero-order chi connectivity index (χ0) is 14.4. The number of aliphatic hydroxyl groups is 2. The summed E-state index contributed by atoms with van der Waals surface area (Å²) in [6.07, 6.45) is -0.703. The average molecular weight is 267 g/mol. The summed E-state index contributed by atoms with van der Waals surface area (Å²) in [5, 5.41) is 18.3. The van der Waals surface area contributed by atoms with Gasteiger partial charge in [0.2, 0.25) is 0 Å². The second-order valence-electron chi connectivity index (χ2n) is 5.26. The van der Waals surface area contributed by atoms with Gasteiger partial charge in [-0.25, -0.2) is 0 Å². The van der Waals surface area contributed by atoms with Crippen molar-refractivity contribution in [2.75, 3.05) is 27.3 Å². The van der Waals surface area contributed by atoms with Crippen molar-refractivity contribution in [1.29, 1.82) is 0 Å². The lowest BCUT2D eigenvalue weighted by molar-refractivity contribution is 0.0646. The van der Waals surface area contributed by atoms with Crippen molar-refractivity contribution in [1.82, 2.24) is 4.90 Å². The van der Waals surface area contributed by atoms with Gasteiger partial charge >= 0.3 is 0 Å². The summed E-state index contributed by atoms with van der Waals surface area (Å²) in [6, 6.07) is 6.24. The Morgan fingerprint density at radius 1 is 1.32 bits per heavy atom. The van der Waals surface area contributed by atoms with Crippen molar-refractivity contribution in [3.8, 4) is 5.75 Å². The number of nitrogens with zero attached hydrogens (tertiary/aromatic N) is 1. The van der Waals surface area contributed by atoms with Crippen LogP contribution >= 0.6 is 0 Å². The van der Waals surface area contributed by atoms with Crippen LogP contribution in [0.3, 0.4) is 0 Å². The van der Waals surface area contributed by atoms with E-state index in [4.69, 9.17) is 9.84 Å². The van der Waals surface area contributed by atoms with Gasteiger partial charge in [-0.1, -0.05) is 26.0 Å². The minimum absolute atomic E-state index is 0.215. The van der Waals surface area contributed by atoms with Gasteiger partial charge in [0.1, 0.15) is 5.75 Å². The first-order chi connectivity index (χ1) is 8.97. The predicted octanol–water partition coefficient (Wildman–Crippen LogP) is 1.60. The summed E-state index contributed by atoms with van der Waals surface area (Å²) >= 11 is 0. The Morgan fingerprint density at radius 2 is 2.00 bits per heavy atom. The molecule has 4 nitrogen and oxygen atoms in total. The molecule has 0 spiro atoms. The molecule has 1 atom stereocenters. The van der Waals surface area contributed by atoms with E-state index in [9.17, 15) is 5.11 Å². The maximum Gasteiger partial charge on any atom is 0.123 e. The second-order valence-corrected chi connectivity index (χ2v) is 5.26. The zero-order valence-corrected chi connectivity index (χ0v) is 12.3. The van der Waals surface area contributed by atoms with E-state index in [1.165, 1.54) is 5.56 Å². The molecule has 0 saturated carbocycles. The van der Waals surface area contributed by atoms with Gasteiger partial charge in [0, 0.05) is 18.7 Å². The molecular weight excluding hydrogens is 242 g/mol. The van der Waals surface area contributed by atoms with Gasteiger partial charge in [-0.2, -0.15) is 0 Å².